The molecule has 4 rings (SSSR count). The van der Waals surface area contributed by atoms with E-state index in [1.165, 1.54) is 18.0 Å². The van der Waals surface area contributed by atoms with Gasteiger partial charge in [-0.3, -0.25) is 9.69 Å². The average molecular weight is 502 g/mol. The molecule has 0 radical (unpaired) electrons. The van der Waals surface area contributed by atoms with Gasteiger partial charge < -0.3 is 15.4 Å². The van der Waals surface area contributed by atoms with E-state index in [4.69, 9.17) is 22.1 Å². The molecule has 1 amide bonds. The Labute approximate surface area is 207 Å². The van der Waals surface area contributed by atoms with Crippen LogP contribution in [-0.4, -0.2) is 47.0 Å². The molecule has 1 atom stereocenters. The third-order valence-electron chi connectivity index (χ3n) is 5.91. The molecule has 3 aromatic rings. The summed E-state index contributed by atoms with van der Waals surface area (Å²) >= 11 is 5.97. The van der Waals surface area contributed by atoms with Gasteiger partial charge in [-0.25, -0.2) is 13.8 Å². The van der Waals surface area contributed by atoms with Crippen LogP contribution in [0.15, 0.2) is 48.7 Å². The molecule has 1 aliphatic heterocycles. The van der Waals surface area contributed by atoms with E-state index < -0.39 is 17.7 Å². The molecule has 0 spiro atoms. The molecule has 184 valence electrons. The van der Waals surface area contributed by atoms with Crippen LogP contribution in [0.1, 0.15) is 41.8 Å². The highest BCUT2D eigenvalue weighted by Crippen LogP contribution is 2.33. The minimum absolute atomic E-state index is 0.0554. The van der Waals surface area contributed by atoms with E-state index in [0.717, 1.165) is 38.1 Å². The molecule has 2 aromatic carbocycles. The molecule has 1 unspecified atom stereocenters. The zero-order chi connectivity index (χ0) is 24.9. The van der Waals surface area contributed by atoms with E-state index >= 15 is 0 Å². The van der Waals surface area contributed by atoms with Crippen molar-refractivity contribution in [1.29, 1.82) is 0 Å². The Morgan fingerprint density at radius 2 is 1.86 bits per heavy atom. The van der Waals surface area contributed by atoms with Crippen molar-refractivity contribution in [3.05, 3.63) is 76.4 Å². The van der Waals surface area contributed by atoms with E-state index in [0.29, 0.717) is 18.7 Å². The quantitative estimate of drug-likeness (QED) is 0.443. The number of nitrogens with two attached hydrogens (primary N) is 1. The summed E-state index contributed by atoms with van der Waals surface area (Å²) in [7, 11) is 0. The summed E-state index contributed by atoms with van der Waals surface area (Å²) in [6.07, 6.45) is 2.63. The number of amides is 1. The van der Waals surface area contributed by atoms with Gasteiger partial charge in [0.25, 0.3) is 11.8 Å². The molecule has 1 aliphatic rings. The number of rotatable bonds is 8. The molecule has 2 N–H and O–H groups in total. The number of carbonyl (C=O) groups excluding carboxylic acids is 1. The second kappa shape index (κ2) is 11.0. The number of carbonyl (C=O) groups is 1. The number of hydrogen-bond acceptors (Lipinski definition) is 6. The fraction of sp³-hybridized carbons (Fsp3) is 0.320. The zero-order valence-corrected chi connectivity index (χ0v) is 20.0. The molecule has 0 bridgehead atoms. The number of anilines is 2. The average Bonchev–Trinajstić information content (AvgIpc) is 3.38. The Kier molecular flexibility index (Phi) is 7.77. The number of benzene rings is 2. The van der Waals surface area contributed by atoms with Crippen molar-refractivity contribution in [2.75, 3.05) is 36.8 Å². The number of hydrogen-bond donors (Lipinski definition) is 1. The van der Waals surface area contributed by atoms with Gasteiger partial charge in [-0.05, 0) is 57.1 Å². The highest BCUT2D eigenvalue weighted by molar-refractivity contribution is 6.31. The van der Waals surface area contributed by atoms with Crippen LogP contribution in [0.4, 0.5) is 20.4 Å². The third-order valence-corrected chi connectivity index (χ3v) is 6.29. The Bertz CT molecular complexity index is 1190. The predicted molar refractivity (Wildman–Crippen MR) is 131 cm³/mol. The lowest BCUT2D eigenvalue weighted by Crippen LogP contribution is -2.38. The van der Waals surface area contributed by atoms with Crippen molar-refractivity contribution in [3.8, 4) is 5.88 Å². The first-order chi connectivity index (χ1) is 16.8. The number of likely N-dealkylation sites (tertiary alicyclic amines) is 1. The van der Waals surface area contributed by atoms with Gasteiger partial charge in [0.2, 0.25) is 0 Å². The van der Waals surface area contributed by atoms with Gasteiger partial charge in [0.15, 0.2) is 11.6 Å². The molecule has 7 nitrogen and oxygen atoms in total. The van der Waals surface area contributed by atoms with E-state index in [2.05, 4.69) is 14.9 Å². The first-order valence-corrected chi connectivity index (χ1v) is 11.7. The van der Waals surface area contributed by atoms with Crippen molar-refractivity contribution in [3.63, 3.8) is 0 Å². The molecule has 0 aliphatic carbocycles. The largest absolute Gasteiger partial charge is 0.467 e. The number of aromatic nitrogens is 2. The second-order valence-corrected chi connectivity index (χ2v) is 8.69. The van der Waals surface area contributed by atoms with E-state index in [1.54, 1.807) is 24.3 Å². The Morgan fingerprint density at radius 3 is 2.57 bits per heavy atom. The molecular weight excluding hydrogens is 476 g/mol. The standard InChI is InChI=1S/C25H26ClF2N5O2/c1-16(21-18(27)9-10-19(28)22(21)26)35-24-23(29)30-15-20(31-24)33(14-13-32-11-5-6-12-32)25(34)17-7-3-2-4-8-17/h2-4,7-10,15-16H,5-6,11-14H2,1H3,(H2,29,30). The van der Waals surface area contributed by atoms with Gasteiger partial charge in [0.05, 0.1) is 11.2 Å². The third kappa shape index (κ3) is 5.68. The monoisotopic (exact) mass is 501 g/mol. The number of nitrogens with zero attached hydrogens (tertiary/aromatic N) is 4. The molecule has 0 saturated carbocycles. The molecule has 1 fully saturated rings. The highest BCUT2D eigenvalue weighted by Gasteiger charge is 2.25. The summed E-state index contributed by atoms with van der Waals surface area (Å²) in [5.74, 6) is -1.67. The minimum atomic E-state index is -1.02. The molecule has 1 saturated heterocycles. The van der Waals surface area contributed by atoms with Crippen molar-refractivity contribution >= 4 is 29.1 Å². The van der Waals surface area contributed by atoms with Gasteiger partial charge in [-0.1, -0.05) is 29.8 Å². The number of nitrogen functional groups attached to an aromatic ring is 1. The zero-order valence-electron chi connectivity index (χ0n) is 19.3. The smallest absolute Gasteiger partial charge is 0.259 e. The normalized spacial score (nSPS) is 14.6. The van der Waals surface area contributed by atoms with Gasteiger partial charge >= 0.3 is 0 Å². The fourth-order valence-electron chi connectivity index (χ4n) is 4.04. The Morgan fingerprint density at radius 1 is 1.17 bits per heavy atom. The maximum absolute atomic E-state index is 14.4. The van der Waals surface area contributed by atoms with E-state index in [1.807, 2.05) is 6.07 Å². The molecule has 10 heteroatoms. The lowest BCUT2D eigenvalue weighted by Gasteiger charge is -2.25. The minimum Gasteiger partial charge on any atom is -0.467 e. The number of ether oxygens (including phenoxy) is 1. The van der Waals surface area contributed by atoms with Gasteiger partial charge in [0.1, 0.15) is 17.7 Å². The first-order valence-electron chi connectivity index (χ1n) is 11.4. The second-order valence-electron chi connectivity index (χ2n) is 8.31. The van der Waals surface area contributed by atoms with Crippen LogP contribution in [0.5, 0.6) is 5.88 Å². The van der Waals surface area contributed by atoms with Crippen LogP contribution in [0.3, 0.4) is 0 Å². The lowest BCUT2D eigenvalue weighted by molar-refractivity contribution is 0.0983. The van der Waals surface area contributed by atoms with Gasteiger partial charge in [0, 0.05) is 24.2 Å². The lowest BCUT2D eigenvalue weighted by atomic mass is 10.1. The van der Waals surface area contributed by atoms with Crippen molar-refractivity contribution < 1.29 is 18.3 Å². The maximum atomic E-state index is 14.4. The molecular formula is C25H26ClF2N5O2. The van der Waals surface area contributed by atoms with Crippen LogP contribution < -0.4 is 15.4 Å². The topological polar surface area (TPSA) is 84.6 Å². The summed E-state index contributed by atoms with van der Waals surface area (Å²) in [6, 6.07) is 10.8. The summed E-state index contributed by atoms with van der Waals surface area (Å²) in [6.45, 7) is 4.50. The first kappa shape index (κ1) is 24.8. The summed E-state index contributed by atoms with van der Waals surface area (Å²) < 4.78 is 34.1. The van der Waals surface area contributed by atoms with Crippen LogP contribution in [0, 0.1) is 11.6 Å². The van der Waals surface area contributed by atoms with Gasteiger partial charge in [-0.2, -0.15) is 4.98 Å². The van der Waals surface area contributed by atoms with Crippen LogP contribution >= 0.6 is 11.6 Å². The number of halogens is 3. The van der Waals surface area contributed by atoms with Gasteiger partial charge in [-0.15, -0.1) is 0 Å². The molecule has 1 aromatic heterocycles. The van der Waals surface area contributed by atoms with E-state index in [9.17, 15) is 13.6 Å². The van der Waals surface area contributed by atoms with Crippen molar-refractivity contribution in [2.24, 2.45) is 0 Å². The summed E-state index contributed by atoms with van der Waals surface area (Å²) in [5.41, 5.74) is 6.31. The van der Waals surface area contributed by atoms with E-state index in [-0.39, 0.29) is 34.0 Å². The van der Waals surface area contributed by atoms with Crippen LogP contribution in [0.25, 0.3) is 0 Å². The molecule has 2 heterocycles. The summed E-state index contributed by atoms with van der Waals surface area (Å²) in [5, 5.41) is -0.383. The molecule has 35 heavy (non-hydrogen) atoms. The Hall–Kier alpha value is -3.30. The fourth-order valence-corrected chi connectivity index (χ4v) is 4.34. The van der Waals surface area contributed by atoms with Crippen molar-refractivity contribution in [2.45, 2.75) is 25.9 Å². The highest BCUT2D eigenvalue weighted by atomic mass is 35.5. The maximum Gasteiger partial charge on any atom is 0.259 e. The Balaban J connectivity index is 1.63. The van der Waals surface area contributed by atoms with Crippen LogP contribution in [-0.2, 0) is 0 Å². The SMILES string of the molecule is CC(Oc1nc(N(CCN2CCCC2)C(=O)c2ccccc2)cnc1N)c1c(F)ccc(F)c1Cl. The predicted octanol–water partition coefficient (Wildman–Crippen LogP) is 4.87. The summed E-state index contributed by atoms with van der Waals surface area (Å²) in [4.78, 5) is 25.8. The van der Waals surface area contributed by atoms with Crippen molar-refractivity contribution in [1.82, 2.24) is 14.9 Å². The van der Waals surface area contributed by atoms with Crippen LogP contribution in [0.2, 0.25) is 5.02 Å².